The molecule has 0 amide bonds. The molecule has 0 aromatic heterocycles. The van der Waals surface area contributed by atoms with Crippen molar-refractivity contribution in [2.24, 2.45) is 11.8 Å². The molecule has 0 aliphatic carbocycles. The normalized spacial score (nSPS) is 14.2. The summed E-state index contributed by atoms with van der Waals surface area (Å²) in [6.45, 7) is 8.27. The van der Waals surface area contributed by atoms with E-state index >= 15 is 0 Å². The van der Waals surface area contributed by atoms with Gasteiger partial charge in [0, 0.05) is 12.3 Å². The maximum atomic E-state index is 11.0. The lowest BCUT2D eigenvalue weighted by Gasteiger charge is -2.11. The zero-order valence-corrected chi connectivity index (χ0v) is 10.8. The topological polar surface area (TPSA) is 54.5 Å². The maximum Gasteiger partial charge on any atom is 0.349 e. The molecular formula is C12H23N2O2+. The fraction of sp³-hybridized carbons (Fsp3) is 0.917. The lowest BCUT2D eigenvalue weighted by Crippen LogP contribution is -2.23. The predicted octanol–water partition coefficient (Wildman–Crippen LogP) is 3.23. The molecular weight excluding hydrogens is 204 g/mol. The number of hydrogen-bond donors (Lipinski definition) is 0. The number of carbonyl (C=O) groups is 1. The van der Waals surface area contributed by atoms with Gasteiger partial charge in [-0.3, -0.25) is 4.79 Å². The molecule has 0 aromatic carbocycles. The Balaban J connectivity index is 3.98. The molecule has 0 aromatic rings. The summed E-state index contributed by atoms with van der Waals surface area (Å²) < 4.78 is 4.98. The van der Waals surface area contributed by atoms with Crippen molar-refractivity contribution in [3.05, 3.63) is 4.98 Å². The lowest BCUT2D eigenvalue weighted by atomic mass is 9.94. The molecule has 92 valence electrons. The van der Waals surface area contributed by atoms with Gasteiger partial charge in [-0.05, 0) is 12.3 Å². The number of ether oxygens (including phenoxy) is 1. The van der Waals surface area contributed by atoms with Crippen LogP contribution >= 0.6 is 0 Å². The second-order valence-electron chi connectivity index (χ2n) is 4.67. The van der Waals surface area contributed by atoms with E-state index in [4.69, 9.17) is 10.1 Å². The van der Waals surface area contributed by atoms with Gasteiger partial charge in [-0.15, -0.1) is 0 Å². The second-order valence-corrected chi connectivity index (χ2v) is 4.67. The summed E-state index contributed by atoms with van der Waals surface area (Å²) >= 11 is 0. The first-order valence-corrected chi connectivity index (χ1v) is 6.01. The highest BCUT2D eigenvalue weighted by molar-refractivity contribution is 5.68. The molecule has 0 N–H and O–H groups in total. The van der Waals surface area contributed by atoms with Crippen molar-refractivity contribution < 1.29 is 9.53 Å². The van der Waals surface area contributed by atoms with Crippen molar-refractivity contribution in [2.45, 2.75) is 53.0 Å². The predicted molar refractivity (Wildman–Crippen MR) is 63.4 cm³/mol. The molecule has 4 heteroatoms. The average molecular weight is 227 g/mol. The van der Waals surface area contributed by atoms with Crippen LogP contribution in [-0.2, 0) is 9.53 Å². The van der Waals surface area contributed by atoms with Crippen LogP contribution in [0.1, 0.15) is 47.0 Å². The van der Waals surface area contributed by atoms with Crippen molar-refractivity contribution in [1.29, 1.82) is 5.39 Å². The molecule has 0 spiro atoms. The fourth-order valence-corrected chi connectivity index (χ4v) is 1.38. The SMILES string of the molecule is CCC(=O)OCC([N+]#N)C(C)CCC(C)C. The Morgan fingerprint density at radius 1 is 1.31 bits per heavy atom. The summed E-state index contributed by atoms with van der Waals surface area (Å²) in [5.41, 5.74) is 0. The van der Waals surface area contributed by atoms with Gasteiger partial charge in [0.2, 0.25) is 5.39 Å². The minimum Gasteiger partial charge on any atom is -0.457 e. The zero-order chi connectivity index (χ0) is 12.6. The summed E-state index contributed by atoms with van der Waals surface area (Å²) in [4.78, 5) is 14.3. The van der Waals surface area contributed by atoms with Crippen LogP contribution in [-0.4, -0.2) is 18.6 Å². The monoisotopic (exact) mass is 227 g/mol. The van der Waals surface area contributed by atoms with Crippen molar-refractivity contribution in [3.8, 4) is 0 Å². The number of esters is 1. The van der Waals surface area contributed by atoms with E-state index in [0.29, 0.717) is 12.3 Å². The minimum absolute atomic E-state index is 0.183. The molecule has 2 atom stereocenters. The molecule has 0 rings (SSSR count). The smallest absolute Gasteiger partial charge is 0.349 e. The van der Waals surface area contributed by atoms with E-state index in [1.807, 2.05) is 6.92 Å². The molecule has 0 fully saturated rings. The van der Waals surface area contributed by atoms with Gasteiger partial charge in [0.05, 0.1) is 0 Å². The Kier molecular flexibility index (Phi) is 7.53. The van der Waals surface area contributed by atoms with E-state index in [-0.39, 0.29) is 24.5 Å². The maximum absolute atomic E-state index is 11.0. The molecule has 4 nitrogen and oxygen atoms in total. The molecule has 0 heterocycles. The second kappa shape index (κ2) is 8.09. The van der Waals surface area contributed by atoms with Gasteiger partial charge in [0.1, 0.15) is 4.98 Å². The van der Waals surface area contributed by atoms with Crippen LogP contribution in [0.2, 0.25) is 0 Å². The molecule has 0 saturated carbocycles. The Morgan fingerprint density at radius 2 is 1.94 bits per heavy atom. The van der Waals surface area contributed by atoms with Crippen molar-refractivity contribution in [3.63, 3.8) is 0 Å². The first kappa shape index (κ1) is 14.9. The number of diazo groups is 1. The third-order valence-corrected chi connectivity index (χ3v) is 2.71. The summed E-state index contributed by atoms with van der Waals surface area (Å²) in [6.07, 6.45) is 2.43. The molecule has 0 aliphatic heterocycles. The van der Waals surface area contributed by atoms with Crippen LogP contribution < -0.4 is 0 Å². The van der Waals surface area contributed by atoms with E-state index < -0.39 is 0 Å². The van der Waals surface area contributed by atoms with Crippen LogP contribution in [0.25, 0.3) is 4.98 Å². The molecule has 2 unspecified atom stereocenters. The van der Waals surface area contributed by atoms with Gasteiger partial charge in [-0.1, -0.05) is 34.1 Å². The van der Waals surface area contributed by atoms with Crippen LogP contribution in [0.15, 0.2) is 0 Å². The van der Waals surface area contributed by atoms with Crippen LogP contribution in [0.5, 0.6) is 0 Å². The third kappa shape index (κ3) is 6.39. The van der Waals surface area contributed by atoms with E-state index in [1.165, 1.54) is 0 Å². The van der Waals surface area contributed by atoms with E-state index in [1.54, 1.807) is 6.92 Å². The molecule has 0 bridgehead atoms. The van der Waals surface area contributed by atoms with Crippen LogP contribution in [0, 0.1) is 17.2 Å². The van der Waals surface area contributed by atoms with Crippen molar-refractivity contribution >= 4 is 5.97 Å². The lowest BCUT2D eigenvalue weighted by molar-refractivity contribution is -0.143. The van der Waals surface area contributed by atoms with Gasteiger partial charge >= 0.3 is 12.0 Å². The summed E-state index contributed by atoms with van der Waals surface area (Å²) in [6, 6.07) is -0.297. The first-order chi connectivity index (χ1) is 7.51. The van der Waals surface area contributed by atoms with E-state index in [2.05, 4.69) is 18.8 Å². The summed E-state index contributed by atoms with van der Waals surface area (Å²) in [7, 11) is 0. The van der Waals surface area contributed by atoms with Gasteiger partial charge in [-0.25, -0.2) is 0 Å². The van der Waals surface area contributed by atoms with Gasteiger partial charge in [0.15, 0.2) is 6.61 Å². The first-order valence-electron chi connectivity index (χ1n) is 6.01. The van der Waals surface area contributed by atoms with E-state index in [9.17, 15) is 4.79 Å². The Labute approximate surface area is 98.0 Å². The quantitative estimate of drug-likeness (QED) is 0.495. The highest BCUT2D eigenvalue weighted by atomic mass is 16.5. The third-order valence-electron chi connectivity index (χ3n) is 2.71. The Bertz CT molecular complexity index is 246. The molecule has 0 saturated heterocycles. The Hall–Kier alpha value is -1.11. The number of rotatable bonds is 7. The van der Waals surface area contributed by atoms with Gasteiger partial charge < -0.3 is 4.74 Å². The summed E-state index contributed by atoms with van der Waals surface area (Å²) in [5, 5.41) is 8.88. The average Bonchev–Trinajstić information content (AvgIpc) is 2.26. The summed E-state index contributed by atoms with van der Waals surface area (Å²) in [5.74, 6) is 0.627. The molecule has 0 radical (unpaired) electrons. The fourth-order valence-electron chi connectivity index (χ4n) is 1.38. The minimum atomic E-state index is -0.297. The molecule has 0 aliphatic rings. The largest absolute Gasteiger partial charge is 0.457 e. The van der Waals surface area contributed by atoms with Gasteiger partial charge in [-0.2, -0.15) is 0 Å². The highest BCUT2D eigenvalue weighted by Crippen LogP contribution is 2.18. The van der Waals surface area contributed by atoms with Crippen molar-refractivity contribution in [2.75, 3.05) is 6.61 Å². The number of hydrogen-bond acceptors (Lipinski definition) is 3. The molecule has 16 heavy (non-hydrogen) atoms. The number of carbonyl (C=O) groups excluding carboxylic acids is 1. The Morgan fingerprint density at radius 3 is 2.38 bits per heavy atom. The van der Waals surface area contributed by atoms with Crippen LogP contribution in [0.4, 0.5) is 0 Å². The van der Waals surface area contributed by atoms with Crippen molar-refractivity contribution in [1.82, 2.24) is 0 Å². The number of nitrogens with zero attached hydrogens (tertiary/aromatic N) is 2. The standard InChI is InChI=1S/C12H23N2O2/c1-5-12(15)16-8-11(14-13)10(4)7-6-9(2)3/h9-11H,5-8H2,1-4H3/q+1. The van der Waals surface area contributed by atoms with E-state index in [0.717, 1.165) is 12.8 Å². The zero-order valence-electron chi connectivity index (χ0n) is 10.8. The highest BCUT2D eigenvalue weighted by Gasteiger charge is 2.29. The van der Waals surface area contributed by atoms with Gasteiger partial charge in [0.25, 0.3) is 0 Å². The van der Waals surface area contributed by atoms with Crippen LogP contribution in [0.3, 0.4) is 0 Å².